The lowest BCUT2D eigenvalue weighted by molar-refractivity contribution is -0.135. The fraction of sp³-hybridized carbons (Fsp3) is 0.846. The van der Waals surface area contributed by atoms with Gasteiger partial charge in [-0.2, -0.15) is 0 Å². The minimum absolute atomic E-state index is 0.0751. The van der Waals surface area contributed by atoms with Crippen LogP contribution in [-0.2, 0) is 14.3 Å². The highest BCUT2D eigenvalue weighted by Gasteiger charge is 2.27. The van der Waals surface area contributed by atoms with Crippen molar-refractivity contribution in [2.75, 3.05) is 46.4 Å². The molecule has 114 valence electrons. The number of methoxy groups -OCH3 is 1. The van der Waals surface area contributed by atoms with Crippen molar-refractivity contribution in [3.63, 3.8) is 0 Å². The van der Waals surface area contributed by atoms with Gasteiger partial charge in [0, 0.05) is 39.3 Å². The summed E-state index contributed by atoms with van der Waals surface area (Å²) in [5.41, 5.74) is 5.74. The minimum atomic E-state index is -0.593. The maximum Gasteiger partial charge on any atom is 0.241 e. The monoisotopic (exact) mass is 284 g/mol. The van der Waals surface area contributed by atoms with Crippen LogP contribution < -0.4 is 11.1 Å². The van der Waals surface area contributed by atoms with Gasteiger partial charge in [-0.05, 0) is 12.8 Å². The van der Waals surface area contributed by atoms with Crippen LogP contribution in [0.25, 0.3) is 0 Å². The quantitative estimate of drug-likeness (QED) is 0.612. The Morgan fingerprint density at radius 2 is 1.95 bits per heavy atom. The lowest BCUT2D eigenvalue weighted by Gasteiger charge is -2.35. The summed E-state index contributed by atoms with van der Waals surface area (Å²) in [6.45, 7) is 3.32. The van der Waals surface area contributed by atoms with Crippen LogP contribution in [0.1, 0.15) is 12.8 Å². The molecule has 1 aliphatic carbocycles. The van der Waals surface area contributed by atoms with Gasteiger partial charge < -0.3 is 20.7 Å². The van der Waals surface area contributed by atoms with Crippen LogP contribution in [0, 0.1) is 0 Å². The third kappa shape index (κ3) is 4.43. The molecule has 1 saturated carbocycles. The van der Waals surface area contributed by atoms with E-state index in [1.165, 1.54) is 7.11 Å². The van der Waals surface area contributed by atoms with Gasteiger partial charge in [-0.15, -0.1) is 0 Å². The lowest BCUT2D eigenvalue weighted by Crippen LogP contribution is -2.55. The molecule has 1 aliphatic heterocycles. The number of piperazine rings is 1. The van der Waals surface area contributed by atoms with E-state index in [1.807, 2.05) is 0 Å². The molecule has 7 nitrogen and oxygen atoms in total. The van der Waals surface area contributed by atoms with Crippen molar-refractivity contribution in [2.24, 2.45) is 5.73 Å². The van der Waals surface area contributed by atoms with Crippen LogP contribution in [0.3, 0.4) is 0 Å². The number of hydrogen-bond donors (Lipinski definition) is 2. The third-order valence-corrected chi connectivity index (χ3v) is 3.66. The summed E-state index contributed by atoms with van der Waals surface area (Å²) in [5.74, 6) is 0.0114. The molecule has 1 unspecified atom stereocenters. The number of hydrogen-bond acceptors (Lipinski definition) is 5. The molecule has 20 heavy (non-hydrogen) atoms. The number of amides is 2. The van der Waals surface area contributed by atoms with Crippen LogP contribution in [0.2, 0.25) is 0 Å². The van der Waals surface area contributed by atoms with Gasteiger partial charge in [-0.3, -0.25) is 14.5 Å². The summed E-state index contributed by atoms with van der Waals surface area (Å²) in [5, 5.41) is 2.97. The van der Waals surface area contributed by atoms with Gasteiger partial charge in [0.1, 0.15) is 6.04 Å². The van der Waals surface area contributed by atoms with Crippen molar-refractivity contribution in [2.45, 2.75) is 24.9 Å². The highest BCUT2D eigenvalue weighted by Crippen LogP contribution is 2.18. The van der Waals surface area contributed by atoms with E-state index in [-0.39, 0.29) is 18.4 Å². The van der Waals surface area contributed by atoms with E-state index in [0.717, 1.165) is 12.8 Å². The predicted molar refractivity (Wildman–Crippen MR) is 74.0 cm³/mol. The van der Waals surface area contributed by atoms with Crippen LogP contribution in [0.15, 0.2) is 0 Å². The fourth-order valence-electron chi connectivity index (χ4n) is 2.32. The summed E-state index contributed by atoms with van der Waals surface area (Å²) >= 11 is 0. The highest BCUT2D eigenvalue weighted by molar-refractivity contribution is 5.82. The smallest absolute Gasteiger partial charge is 0.241 e. The molecule has 3 N–H and O–H groups in total. The number of carbonyl (C=O) groups is 2. The van der Waals surface area contributed by atoms with Crippen molar-refractivity contribution in [3.8, 4) is 0 Å². The van der Waals surface area contributed by atoms with Gasteiger partial charge in [0.2, 0.25) is 11.8 Å². The average Bonchev–Trinajstić information content (AvgIpc) is 3.23. The molecule has 2 rings (SSSR count). The molecule has 1 saturated heterocycles. The standard InChI is InChI=1S/C13H24N4O3/c1-20-9-11(14)13(19)17-6-4-16(5-7-17)8-12(18)15-10-2-3-10/h10-11H,2-9,14H2,1H3,(H,15,18). The first-order valence-electron chi connectivity index (χ1n) is 7.15. The number of ether oxygens (including phenoxy) is 1. The topological polar surface area (TPSA) is 87.9 Å². The molecule has 0 radical (unpaired) electrons. The van der Waals surface area contributed by atoms with E-state index in [1.54, 1.807) is 4.90 Å². The van der Waals surface area contributed by atoms with Crippen molar-refractivity contribution in [1.29, 1.82) is 0 Å². The predicted octanol–water partition coefficient (Wildman–Crippen LogP) is -1.62. The Kier molecular flexibility index (Phi) is 5.33. The Balaban J connectivity index is 1.68. The Hall–Kier alpha value is -1.18. The first-order chi connectivity index (χ1) is 9.60. The molecule has 7 heteroatoms. The number of nitrogens with two attached hydrogens (primary N) is 1. The second-order valence-electron chi connectivity index (χ2n) is 5.51. The zero-order valence-corrected chi connectivity index (χ0v) is 12.0. The summed E-state index contributed by atoms with van der Waals surface area (Å²) < 4.78 is 4.90. The van der Waals surface area contributed by atoms with Gasteiger partial charge in [-0.25, -0.2) is 0 Å². The van der Waals surface area contributed by atoms with Crippen LogP contribution in [0.4, 0.5) is 0 Å². The molecule has 0 spiro atoms. The molecule has 2 aliphatic rings. The normalized spacial score (nSPS) is 21.6. The van der Waals surface area contributed by atoms with Crippen molar-refractivity contribution >= 4 is 11.8 Å². The molecule has 1 heterocycles. The van der Waals surface area contributed by atoms with E-state index in [0.29, 0.717) is 38.8 Å². The first kappa shape index (κ1) is 15.2. The molecular weight excluding hydrogens is 260 g/mol. The van der Waals surface area contributed by atoms with Crippen LogP contribution >= 0.6 is 0 Å². The Morgan fingerprint density at radius 3 is 2.50 bits per heavy atom. The van der Waals surface area contributed by atoms with Crippen LogP contribution in [0.5, 0.6) is 0 Å². The second-order valence-corrected chi connectivity index (χ2v) is 5.51. The lowest BCUT2D eigenvalue weighted by atomic mass is 10.2. The Labute approximate surface area is 119 Å². The van der Waals surface area contributed by atoms with Crippen molar-refractivity contribution < 1.29 is 14.3 Å². The maximum atomic E-state index is 12.0. The third-order valence-electron chi connectivity index (χ3n) is 3.66. The SMILES string of the molecule is COCC(N)C(=O)N1CCN(CC(=O)NC2CC2)CC1. The van der Waals surface area contributed by atoms with Gasteiger partial charge in [0.05, 0.1) is 13.2 Å². The van der Waals surface area contributed by atoms with Gasteiger partial charge in [0.15, 0.2) is 0 Å². The summed E-state index contributed by atoms with van der Waals surface area (Å²) in [4.78, 5) is 27.5. The molecule has 1 atom stereocenters. The molecule has 2 amide bonds. The largest absolute Gasteiger partial charge is 0.383 e. The van der Waals surface area contributed by atoms with Crippen molar-refractivity contribution in [3.05, 3.63) is 0 Å². The number of rotatable bonds is 6. The fourth-order valence-corrected chi connectivity index (χ4v) is 2.32. The average molecular weight is 284 g/mol. The number of carbonyl (C=O) groups excluding carboxylic acids is 2. The summed E-state index contributed by atoms with van der Waals surface area (Å²) in [7, 11) is 1.53. The van der Waals surface area contributed by atoms with Crippen molar-refractivity contribution in [1.82, 2.24) is 15.1 Å². The maximum absolute atomic E-state index is 12.0. The van der Waals surface area contributed by atoms with Crippen LogP contribution in [-0.4, -0.2) is 80.1 Å². The molecule has 2 fully saturated rings. The molecular formula is C13H24N4O3. The van der Waals surface area contributed by atoms with E-state index in [9.17, 15) is 9.59 Å². The van der Waals surface area contributed by atoms with Gasteiger partial charge in [0.25, 0.3) is 0 Å². The minimum Gasteiger partial charge on any atom is -0.383 e. The molecule has 0 bridgehead atoms. The zero-order valence-electron chi connectivity index (χ0n) is 12.0. The molecule has 0 aromatic heterocycles. The van der Waals surface area contributed by atoms with E-state index >= 15 is 0 Å². The zero-order chi connectivity index (χ0) is 14.5. The highest BCUT2D eigenvalue weighted by atomic mass is 16.5. The number of nitrogens with one attached hydrogen (secondary N) is 1. The van der Waals surface area contributed by atoms with Gasteiger partial charge in [-0.1, -0.05) is 0 Å². The van der Waals surface area contributed by atoms with E-state index in [2.05, 4.69) is 10.2 Å². The van der Waals surface area contributed by atoms with E-state index in [4.69, 9.17) is 10.5 Å². The summed E-state index contributed by atoms with van der Waals surface area (Å²) in [6, 6.07) is -0.192. The Morgan fingerprint density at radius 1 is 1.30 bits per heavy atom. The molecule has 0 aromatic carbocycles. The summed E-state index contributed by atoms with van der Waals surface area (Å²) in [6.07, 6.45) is 2.21. The van der Waals surface area contributed by atoms with Gasteiger partial charge >= 0.3 is 0 Å². The second kappa shape index (κ2) is 7.01. The first-order valence-corrected chi connectivity index (χ1v) is 7.15. The molecule has 0 aromatic rings. The van der Waals surface area contributed by atoms with E-state index < -0.39 is 6.04 Å². The number of nitrogens with zero attached hydrogens (tertiary/aromatic N) is 2. The Bertz CT molecular complexity index is 352.